The smallest absolute Gasteiger partial charge is 0.357 e. The number of carbonyl (C=O) groups excluding carboxylic acids is 2. The normalized spacial score (nSPS) is 11.3. The zero-order chi connectivity index (χ0) is 20.5. The van der Waals surface area contributed by atoms with Gasteiger partial charge in [0.05, 0.1) is 13.2 Å². The third-order valence-corrected chi connectivity index (χ3v) is 3.85. The van der Waals surface area contributed by atoms with Gasteiger partial charge in [0.2, 0.25) is 0 Å². The first-order chi connectivity index (χ1) is 13.4. The molecular formula is C22H26N2O4. The first-order valence-electron chi connectivity index (χ1n) is 9.20. The lowest BCUT2D eigenvalue weighted by Gasteiger charge is -2.17. The SMILES string of the molecule is CCOC(=O)/C(Nc1ccc(C)cc1)=C(\Nc1ccc(C)cc1)C(=O)OCC. The first kappa shape index (κ1) is 21.0. The maximum absolute atomic E-state index is 12.6. The molecule has 0 radical (unpaired) electrons. The Bertz CT molecular complexity index is 768. The van der Waals surface area contributed by atoms with Crippen molar-refractivity contribution in [1.82, 2.24) is 0 Å². The van der Waals surface area contributed by atoms with Crippen molar-refractivity contribution < 1.29 is 19.1 Å². The number of aryl methyl sites for hydroxylation is 2. The fourth-order valence-electron chi connectivity index (χ4n) is 2.40. The molecule has 0 saturated carbocycles. The molecule has 0 aliphatic carbocycles. The molecule has 0 aliphatic rings. The molecule has 6 nitrogen and oxygen atoms in total. The van der Waals surface area contributed by atoms with Crippen LogP contribution in [0, 0.1) is 13.8 Å². The van der Waals surface area contributed by atoms with Crippen molar-refractivity contribution in [2.45, 2.75) is 27.7 Å². The minimum atomic E-state index is -0.647. The summed E-state index contributed by atoms with van der Waals surface area (Å²) in [6.07, 6.45) is 0. The third-order valence-electron chi connectivity index (χ3n) is 3.85. The highest BCUT2D eigenvalue weighted by Gasteiger charge is 2.24. The van der Waals surface area contributed by atoms with Gasteiger partial charge in [-0.05, 0) is 52.0 Å². The molecule has 0 fully saturated rings. The van der Waals surface area contributed by atoms with Crippen LogP contribution >= 0.6 is 0 Å². The number of anilines is 2. The molecule has 0 bridgehead atoms. The lowest BCUT2D eigenvalue weighted by Crippen LogP contribution is -2.25. The number of esters is 2. The lowest BCUT2D eigenvalue weighted by atomic mass is 10.2. The molecule has 28 heavy (non-hydrogen) atoms. The number of hydrogen-bond acceptors (Lipinski definition) is 6. The monoisotopic (exact) mass is 382 g/mol. The van der Waals surface area contributed by atoms with Gasteiger partial charge in [-0.1, -0.05) is 35.4 Å². The Kier molecular flexibility index (Phi) is 7.63. The number of benzene rings is 2. The van der Waals surface area contributed by atoms with E-state index < -0.39 is 11.9 Å². The Morgan fingerprint density at radius 2 is 1.00 bits per heavy atom. The van der Waals surface area contributed by atoms with E-state index in [1.807, 2.05) is 62.4 Å². The van der Waals surface area contributed by atoms with Gasteiger partial charge >= 0.3 is 11.9 Å². The van der Waals surface area contributed by atoms with Crippen LogP contribution in [0.4, 0.5) is 11.4 Å². The minimum Gasteiger partial charge on any atom is -0.461 e. The van der Waals surface area contributed by atoms with Crippen molar-refractivity contribution in [1.29, 1.82) is 0 Å². The Labute approximate surface area is 165 Å². The van der Waals surface area contributed by atoms with Crippen LogP contribution < -0.4 is 10.6 Å². The predicted molar refractivity (Wildman–Crippen MR) is 110 cm³/mol. The van der Waals surface area contributed by atoms with E-state index in [1.54, 1.807) is 13.8 Å². The maximum Gasteiger partial charge on any atom is 0.357 e. The molecule has 0 atom stereocenters. The van der Waals surface area contributed by atoms with E-state index in [0.717, 1.165) is 11.1 Å². The highest BCUT2D eigenvalue weighted by atomic mass is 16.5. The molecule has 0 aromatic heterocycles. The van der Waals surface area contributed by atoms with Gasteiger partial charge in [0.15, 0.2) is 11.4 Å². The summed E-state index contributed by atoms with van der Waals surface area (Å²) in [5.74, 6) is -1.29. The summed E-state index contributed by atoms with van der Waals surface area (Å²) in [6.45, 7) is 7.71. The third kappa shape index (κ3) is 5.87. The Morgan fingerprint density at radius 1 is 0.679 bits per heavy atom. The van der Waals surface area contributed by atoms with Gasteiger partial charge in [-0.15, -0.1) is 0 Å². The zero-order valence-electron chi connectivity index (χ0n) is 16.7. The molecule has 2 aromatic carbocycles. The van der Waals surface area contributed by atoms with Crippen molar-refractivity contribution in [3.8, 4) is 0 Å². The molecule has 0 amide bonds. The number of ether oxygens (including phenoxy) is 2. The van der Waals surface area contributed by atoms with E-state index in [-0.39, 0.29) is 24.6 Å². The minimum absolute atomic E-state index is 0.00951. The first-order valence-corrected chi connectivity index (χ1v) is 9.20. The highest BCUT2D eigenvalue weighted by Crippen LogP contribution is 2.19. The van der Waals surface area contributed by atoms with Gasteiger partial charge in [0, 0.05) is 11.4 Å². The molecule has 2 rings (SSSR count). The van der Waals surface area contributed by atoms with E-state index in [1.165, 1.54) is 0 Å². The van der Waals surface area contributed by atoms with E-state index in [9.17, 15) is 9.59 Å². The van der Waals surface area contributed by atoms with Crippen molar-refractivity contribution in [3.05, 3.63) is 71.1 Å². The van der Waals surface area contributed by atoms with Crippen LogP contribution in [0.15, 0.2) is 59.9 Å². The quantitative estimate of drug-likeness (QED) is 0.527. The molecular weight excluding hydrogens is 356 g/mol. The summed E-state index contributed by atoms with van der Waals surface area (Å²) >= 11 is 0. The van der Waals surface area contributed by atoms with Crippen LogP contribution in [0.3, 0.4) is 0 Å². The molecule has 2 N–H and O–H groups in total. The van der Waals surface area contributed by atoms with E-state index in [2.05, 4.69) is 10.6 Å². The molecule has 0 spiro atoms. The topological polar surface area (TPSA) is 76.7 Å². The zero-order valence-corrected chi connectivity index (χ0v) is 16.7. The standard InChI is InChI=1S/C22H26N2O4/c1-5-27-21(25)19(23-17-11-7-15(3)8-12-17)20(22(26)28-6-2)24-18-13-9-16(4)10-14-18/h7-14,23-24H,5-6H2,1-4H3/b20-19+. The van der Waals surface area contributed by atoms with Gasteiger partial charge in [-0.3, -0.25) is 0 Å². The predicted octanol–water partition coefficient (Wildman–Crippen LogP) is 4.17. The second-order valence-corrected chi connectivity index (χ2v) is 6.17. The number of hydrogen-bond donors (Lipinski definition) is 2. The summed E-state index contributed by atoms with van der Waals surface area (Å²) in [7, 11) is 0. The van der Waals surface area contributed by atoms with Gasteiger partial charge in [-0.25, -0.2) is 9.59 Å². The highest BCUT2D eigenvalue weighted by molar-refractivity contribution is 6.04. The second-order valence-electron chi connectivity index (χ2n) is 6.17. The fraction of sp³-hybridized carbons (Fsp3) is 0.273. The number of carbonyl (C=O) groups is 2. The van der Waals surface area contributed by atoms with E-state index in [4.69, 9.17) is 9.47 Å². The molecule has 0 unspecified atom stereocenters. The van der Waals surface area contributed by atoms with Crippen LogP contribution in [0.5, 0.6) is 0 Å². The summed E-state index contributed by atoms with van der Waals surface area (Å²) in [6, 6.07) is 14.9. The molecule has 6 heteroatoms. The summed E-state index contributed by atoms with van der Waals surface area (Å²) in [5.41, 5.74) is 3.45. The fourth-order valence-corrected chi connectivity index (χ4v) is 2.40. The van der Waals surface area contributed by atoms with Crippen LogP contribution in [-0.2, 0) is 19.1 Å². The van der Waals surface area contributed by atoms with E-state index >= 15 is 0 Å². The van der Waals surface area contributed by atoms with Crippen molar-refractivity contribution >= 4 is 23.3 Å². The van der Waals surface area contributed by atoms with Gasteiger partial charge in [-0.2, -0.15) is 0 Å². The van der Waals surface area contributed by atoms with Gasteiger partial charge in [0.1, 0.15) is 0 Å². The Morgan fingerprint density at radius 3 is 1.29 bits per heavy atom. The van der Waals surface area contributed by atoms with Crippen molar-refractivity contribution in [2.75, 3.05) is 23.8 Å². The summed E-state index contributed by atoms with van der Waals surface area (Å²) in [5, 5.41) is 6.01. The van der Waals surface area contributed by atoms with Crippen molar-refractivity contribution in [2.24, 2.45) is 0 Å². The summed E-state index contributed by atoms with van der Waals surface area (Å²) in [4.78, 5) is 25.2. The van der Waals surface area contributed by atoms with Crippen LogP contribution in [-0.4, -0.2) is 25.2 Å². The molecule has 0 saturated heterocycles. The summed E-state index contributed by atoms with van der Waals surface area (Å²) < 4.78 is 10.3. The molecule has 0 heterocycles. The van der Waals surface area contributed by atoms with E-state index in [0.29, 0.717) is 11.4 Å². The number of rotatable bonds is 8. The Balaban J connectivity index is 2.49. The van der Waals surface area contributed by atoms with Gasteiger partial charge < -0.3 is 20.1 Å². The largest absolute Gasteiger partial charge is 0.461 e. The average molecular weight is 382 g/mol. The van der Waals surface area contributed by atoms with Crippen LogP contribution in [0.2, 0.25) is 0 Å². The van der Waals surface area contributed by atoms with Crippen LogP contribution in [0.25, 0.3) is 0 Å². The number of nitrogens with one attached hydrogen (secondary N) is 2. The molecule has 148 valence electrons. The average Bonchev–Trinajstić information content (AvgIpc) is 2.68. The van der Waals surface area contributed by atoms with Gasteiger partial charge in [0.25, 0.3) is 0 Å². The Hall–Kier alpha value is -3.28. The van der Waals surface area contributed by atoms with Crippen LogP contribution in [0.1, 0.15) is 25.0 Å². The molecule has 2 aromatic rings. The maximum atomic E-state index is 12.6. The van der Waals surface area contributed by atoms with Crippen molar-refractivity contribution in [3.63, 3.8) is 0 Å². The lowest BCUT2D eigenvalue weighted by molar-refractivity contribution is -0.141. The second kappa shape index (κ2) is 10.2. The molecule has 0 aliphatic heterocycles.